The molecule has 0 radical (unpaired) electrons. The Labute approximate surface area is 130 Å². The SMILES string of the molecule is CC(=O)O[C@@H]1C[C@]2(C)[C@@]3(CO)CCC(C)=C[C@@H]3O[C@H]1[C@@]21CO1. The lowest BCUT2D eigenvalue weighted by Gasteiger charge is -2.57. The van der Waals surface area contributed by atoms with Gasteiger partial charge in [0.25, 0.3) is 0 Å². The van der Waals surface area contributed by atoms with Gasteiger partial charge >= 0.3 is 5.97 Å². The average Bonchev–Trinajstić information content (AvgIpc) is 3.21. The molecule has 2 saturated heterocycles. The molecule has 0 aromatic heterocycles. The summed E-state index contributed by atoms with van der Waals surface area (Å²) < 4.78 is 17.8. The number of rotatable bonds is 2. The largest absolute Gasteiger partial charge is 0.460 e. The molecular formula is C17H24O5. The number of fused-ring (bicyclic) bond motifs is 2. The maximum absolute atomic E-state index is 11.5. The zero-order valence-corrected chi connectivity index (χ0v) is 13.4. The molecule has 0 unspecified atom stereocenters. The summed E-state index contributed by atoms with van der Waals surface area (Å²) in [5, 5.41) is 10.3. The molecule has 0 amide bonds. The third-order valence-electron chi connectivity index (χ3n) is 6.73. The third-order valence-corrected chi connectivity index (χ3v) is 6.73. The molecule has 4 aliphatic rings. The number of esters is 1. The number of hydrogen-bond donors (Lipinski definition) is 1. The van der Waals surface area contributed by atoms with Crippen LogP contribution in [0.4, 0.5) is 0 Å². The second kappa shape index (κ2) is 4.34. The third kappa shape index (κ3) is 1.52. The molecule has 0 aromatic carbocycles. The van der Waals surface area contributed by atoms with Crippen LogP contribution in [0.2, 0.25) is 0 Å². The number of epoxide rings is 1. The molecule has 5 nitrogen and oxygen atoms in total. The smallest absolute Gasteiger partial charge is 0.302 e. The second-order valence-corrected chi connectivity index (χ2v) is 7.67. The first kappa shape index (κ1) is 14.7. The fraction of sp³-hybridized carbons (Fsp3) is 0.824. The van der Waals surface area contributed by atoms with Gasteiger partial charge in [0.05, 0.1) is 19.3 Å². The summed E-state index contributed by atoms with van der Waals surface area (Å²) in [6, 6.07) is 0. The van der Waals surface area contributed by atoms with Gasteiger partial charge in [-0.25, -0.2) is 0 Å². The van der Waals surface area contributed by atoms with Crippen LogP contribution in [0.5, 0.6) is 0 Å². The van der Waals surface area contributed by atoms with Crippen molar-refractivity contribution in [1.29, 1.82) is 0 Å². The minimum absolute atomic E-state index is 0.0720. The maximum Gasteiger partial charge on any atom is 0.302 e. The van der Waals surface area contributed by atoms with E-state index >= 15 is 0 Å². The van der Waals surface area contributed by atoms with Gasteiger partial charge in [0, 0.05) is 17.8 Å². The molecule has 1 saturated carbocycles. The summed E-state index contributed by atoms with van der Waals surface area (Å²) in [6.07, 6.45) is 4.06. The van der Waals surface area contributed by atoms with Gasteiger partial charge in [0.2, 0.25) is 0 Å². The van der Waals surface area contributed by atoms with Crippen molar-refractivity contribution < 1.29 is 24.1 Å². The highest BCUT2D eigenvalue weighted by Crippen LogP contribution is 2.71. The van der Waals surface area contributed by atoms with Crippen LogP contribution in [-0.2, 0) is 19.0 Å². The van der Waals surface area contributed by atoms with Crippen molar-refractivity contribution in [2.45, 2.75) is 63.9 Å². The van der Waals surface area contributed by atoms with Crippen molar-refractivity contribution in [3.63, 3.8) is 0 Å². The van der Waals surface area contributed by atoms with Crippen LogP contribution >= 0.6 is 0 Å². The standard InChI is InChI=1S/C17H24O5/c1-10-4-5-16(8-18)13(6-10)22-14-12(21-11(2)19)7-15(16,3)17(14)9-20-17/h6,12-14,18H,4-5,7-9H2,1-3H3/t12-,13+,14-,15-,16-,17+/m1/s1. The van der Waals surface area contributed by atoms with Gasteiger partial charge in [0.15, 0.2) is 0 Å². The van der Waals surface area contributed by atoms with Crippen molar-refractivity contribution in [2.75, 3.05) is 13.2 Å². The number of hydrogen-bond acceptors (Lipinski definition) is 5. The van der Waals surface area contributed by atoms with Crippen LogP contribution in [-0.4, -0.2) is 48.2 Å². The number of carbonyl (C=O) groups excluding carboxylic acids is 1. The van der Waals surface area contributed by atoms with Crippen molar-refractivity contribution in [3.8, 4) is 0 Å². The Morgan fingerprint density at radius 3 is 2.86 bits per heavy atom. The van der Waals surface area contributed by atoms with Crippen LogP contribution in [0.25, 0.3) is 0 Å². The summed E-state index contributed by atoms with van der Waals surface area (Å²) in [6.45, 7) is 6.43. The first-order valence-electron chi connectivity index (χ1n) is 8.13. The molecular weight excluding hydrogens is 284 g/mol. The monoisotopic (exact) mass is 308 g/mol. The van der Waals surface area contributed by atoms with Gasteiger partial charge in [-0.05, 0) is 26.2 Å². The number of allylic oxidation sites excluding steroid dienone is 1. The molecule has 2 bridgehead atoms. The van der Waals surface area contributed by atoms with Crippen LogP contribution < -0.4 is 0 Å². The molecule has 1 N–H and O–H groups in total. The van der Waals surface area contributed by atoms with Gasteiger partial charge in [-0.1, -0.05) is 18.6 Å². The lowest BCUT2D eigenvalue weighted by molar-refractivity contribution is -0.218. The van der Waals surface area contributed by atoms with E-state index in [4.69, 9.17) is 14.2 Å². The molecule has 5 heteroatoms. The molecule has 4 rings (SSSR count). The van der Waals surface area contributed by atoms with Crippen LogP contribution in [0.1, 0.15) is 40.0 Å². The van der Waals surface area contributed by atoms with E-state index in [1.807, 2.05) is 0 Å². The van der Waals surface area contributed by atoms with Crippen molar-refractivity contribution >= 4 is 5.97 Å². The molecule has 3 fully saturated rings. The minimum Gasteiger partial charge on any atom is -0.460 e. The molecule has 2 aliphatic carbocycles. The number of aliphatic hydroxyl groups excluding tert-OH is 1. The highest BCUT2D eigenvalue weighted by atomic mass is 16.7. The zero-order valence-electron chi connectivity index (χ0n) is 13.4. The van der Waals surface area contributed by atoms with Crippen LogP contribution in [0.15, 0.2) is 11.6 Å². The van der Waals surface area contributed by atoms with Gasteiger partial charge in [0.1, 0.15) is 17.8 Å². The average molecular weight is 308 g/mol. The quantitative estimate of drug-likeness (QED) is 0.476. The number of carbonyl (C=O) groups is 1. The van der Waals surface area contributed by atoms with Crippen molar-refractivity contribution in [1.82, 2.24) is 0 Å². The molecule has 22 heavy (non-hydrogen) atoms. The minimum atomic E-state index is -0.397. The van der Waals surface area contributed by atoms with Crippen LogP contribution in [0, 0.1) is 10.8 Å². The van der Waals surface area contributed by atoms with Gasteiger partial charge in [-0.3, -0.25) is 4.79 Å². The molecule has 1 spiro atoms. The topological polar surface area (TPSA) is 68.3 Å². The Kier molecular flexibility index (Phi) is 2.89. The van der Waals surface area contributed by atoms with E-state index in [2.05, 4.69) is 19.9 Å². The summed E-state index contributed by atoms with van der Waals surface area (Å²) in [4.78, 5) is 11.5. The highest BCUT2D eigenvalue weighted by molar-refractivity contribution is 5.66. The van der Waals surface area contributed by atoms with Crippen molar-refractivity contribution in [2.24, 2.45) is 10.8 Å². The molecule has 6 atom stereocenters. The Morgan fingerprint density at radius 1 is 1.55 bits per heavy atom. The van der Waals surface area contributed by atoms with Gasteiger partial charge in [-0.2, -0.15) is 0 Å². The fourth-order valence-electron chi connectivity index (χ4n) is 5.32. The predicted molar refractivity (Wildman–Crippen MR) is 78.1 cm³/mol. The first-order chi connectivity index (χ1) is 10.4. The zero-order chi connectivity index (χ0) is 15.8. The van der Waals surface area contributed by atoms with E-state index in [-0.39, 0.29) is 41.7 Å². The lowest BCUT2D eigenvalue weighted by Crippen LogP contribution is -2.64. The van der Waals surface area contributed by atoms with E-state index in [1.165, 1.54) is 12.5 Å². The summed E-state index contributed by atoms with van der Waals surface area (Å²) in [5.41, 5.74) is 0.313. The van der Waals surface area contributed by atoms with Gasteiger partial charge < -0.3 is 19.3 Å². The highest BCUT2D eigenvalue weighted by Gasteiger charge is 2.81. The Hall–Kier alpha value is -0.910. The van der Waals surface area contributed by atoms with Gasteiger partial charge in [-0.15, -0.1) is 0 Å². The van der Waals surface area contributed by atoms with Crippen molar-refractivity contribution in [3.05, 3.63) is 11.6 Å². The molecule has 2 heterocycles. The summed E-state index contributed by atoms with van der Waals surface area (Å²) in [7, 11) is 0. The number of ether oxygens (including phenoxy) is 3. The summed E-state index contributed by atoms with van der Waals surface area (Å²) in [5.74, 6) is -0.284. The second-order valence-electron chi connectivity index (χ2n) is 7.67. The fourth-order valence-corrected chi connectivity index (χ4v) is 5.32. The Balaban J connectivity index is 1.80. The predicted octanol–water partition coefficient (Wildman–Crippen LogP) is 1.58. The Bertz CT molecular complexity index is 551. The van der Waals surface area contributed by atoms with E-state index in [9.17, 15) is 9.90 Å². The lowest BCUT2D eigenvalue weighted by atomic mass is 9.52. The van der Waals surface area contributed by atoms with E-state index in [0.717, 1.165) is 12.8 Å². The first-order valence-corrected chi connectivity index (χ1v) is 8.13. The maximum atomic E-state index is 11.5. The van der Waals surface area contributed by atoms with E-state index < -0.39 is 5.60 Å². The van der Waals surface area contributed by atoms with E-state index in [0.29, 0.717) is 13.0 Å². The normalized spacial score (nSPS) is 52.2. The molecule has 2 aliphatic heterocycles. The van der Waals surface area contributed by atoms with E-state index in [1.54, 1.807) is 0 Å². The Morgan fingerprint density at radius 2 is 2.27 bits per heavy atom. The van der Waals surface area contributed by atoms with Crippen LogP contribution in [0.3, 0.4) is 0 Å². The molecule has 0 aromatic rings. The summed E-state index contributed by atoms with van der Waals surface area (Å²) >= 11 is 0. The molecule has 122 valence electrons. The number of aliphatic hydroxyl groups is 1.